The fourth-order valence-corrected chi connectivity index (χ4v) is 3.96. The number of carbonyl (C=O) groups excluding carboxylic acids is 1. The normalized spacial score (nSPS) is 21.0. The van der Waals surface area contributed by atoms with Crippen molar-refractivity contribution >= 4 is 11.6 Å². The summed E-state index contributed by atoms with van der Waals surface area (Å²) < 4.78 is 13.4. The molecule has 1 aromatic rings. The molecule has 0 unspecified atom stereocenters. The number of amides is 1. The standard InChI is InChI=1S/C17H25FN2O/c1-16(2)8-14(9-17(3,4)10-16)20-15(21)11-5-12(18)7-13(19)6-11/h5-7,14H,8-10,19H2,1-4H3,(H,20,21). The third-order valence-corrected chi connectivity index (χ3v) is 4.07. The first kappa shape index (κ1) is 15.8. The minimum absolute atomic E-state index is 0.112. The summed E-state index contributed by atoms with van der Waals surface area (Å²) in [7, 11) is 0. The Bertz CT molecular complexity index is 515. The van der Waals surface area contributed by atoms with Gasteiger partial charge in [-0.2, -0.15) is 0 Å². The van der Waals surface area contributed by atoms with Crippen molar-refractivity contribution in [1.82, 2.24) is 5.32 Å². The third-order valence-electron chi connectivity index (χ3n) is 4.07. The molecule has 3 nitrogen and oxygen atoms in total. The highest BCUT2D eigenvalue weighted by Gasteiger charge is 2.38. The van der Waals surface area contributed by atoms with E-state index in [9.17, 15) is 9.18 Å². The molecular formula is C17H25FN2O. The number of benzene rings is 1. The highest BCUT2D eigenvalue weighted by molar-refractivity contribution is 5.95. The fourth-order valence-electron chi connectivity index (χ4n) is 3.96. The van der Waals surface area contributed by atoms with Gasteiger partial charge < -0.3 is 11.1 Å². The second kappa shape index (κ2) is 5.32. The second-order valence-electron chi connectivity index (χ2n) is 7.86. The van der Waals surface area contributed by atoms with E-state index in [1.807, 2.05) is 0 Å². The van der Waals surface area contributed by atoms with Crippen LogP contribution in [0.4, 0.5) is 10.1 Å². The minimum atomic E-state index is -0.482. The van der Waals surface area contributed by atoms with Crippen molar-refractivity contribution in [3.05, 3.63) is 29.6 Å². The summed E-state index contributed by atoms with van der Waals surface area (Å²) in [5, 5.41) is 3.04. The number of nitrogen functional groups attached to an aromatic ring is 1. The van der Waals surface area contributed by atoms with Crippen LogP contribution in [0.15, 0.2) is 18.2 Å². The molecule has 0 radical (unpaired) electrons. The molecule has 21 heavy (non-hydrogen) atoms. The van der Waals surface area contributed by atoms with Crippen molar-refractivity contribution in [1.29, 1.82) is 0 Å². The average Bonchev–Trinajstić information content (AvgIpc) is 2.22. The molecule has 0 aliphatic heterocycles. The number of anilines is 1. The maximum absolute atomic E-state index is 13.4. The van der Waals surface area contributed by atoms with Crippen molar-refractivity contribution in [2.45, 2.75) is 53.0 Å². The van der Waals surface area contributed by atoms with Crippen LogP contribution in [0.2, 0.25) is 0 Å². The lowest BCUT2D eigenvalue weighted by atomic mass is 9.63. The average molecular weight is 292 g/mol. The molecule has 4 heteroatoms. The van der Waals surface area contributed by atoms with E-state index in [4.69, 9.17) is 5.73 Å². The molecule has 1 aliphatic rings. The molecule has 3 N–H and O–H groups in total. The Labute approximate surface area is 126 Å². The van der Waals surface area contributed by atoms with Gasteiger partial charge in [0.2, 0.25) is 0 Å². The number of hydrogen-bond donors (Lipinski definition) is 2. The number of nitrogens with one attached hydrogen (secondary N) is 1. The molecule has 0 heterocycles. The van der Waals surface area contributed by atoms with Gasteiger partial charge in [-0.15, -0.1) is 0 Å². The van der Waals surface area contributed by atoms with Crippen LogP contribution >= 0.6 is 0 Å². The van der Waals surface area contributed by atoms with Gasteiger partial charge in [0.25, 0.3) is 5.91 Å². The summed E-state index contributed by atoms with van der Waals surface area (Å²) in [6, 6.07) is 4.06. The minimum Gasteiger partial charge on any atom is -0.399 e. The molecule has 0 atom stereocenters. The zero-order valence-electron chi connectivity index (χ0n) is 13.3. The summed E-state index contributed by atoms with van der Waals surface area (Å²) in [5.74, 6) is -0.732. The molecular weight excluding hydrogens is 267 g/mol. The van der Waals surface area contributed by atoms with E-state index >= 15 is 0 Å². The molecule has 2 rings (SSSR count). The molecule has 1 saturated carbocycles. The van der Waals surface area contributed by atoms with Gasteiger partial charge in [0.15, 0.2) is 0 Å². The van der Waals surface area contributed by atoms with Crippen LogP contribution in [0.25, 0.3) is 0 Å². The molecule has 0 bridgehead atoms. The Morgan fingerprint density at radius 2 is 1.76 bits per heavy atom. The van der Waals surface area contributed by atoms with Crippen LogP contribution in [0.1, 0.15) is 57.3 Å². The van der Waals surface area contributed by atoms with Crippen molar-refractivity contribution < 1.29 is 9.18 Å². The third kappa shape index (κ3) is 4.19. The van der Waals surface area contributed by atoms with E-state index in [1.165, 1.54) is 18.2 Å². The topological polar surface area (TPSA) is 55.1 Å². The van der Waals surface area contributed by atoms with Gasteiger partial charge in [0.1, 0.15) is 5.82 Å². The van der Waals surface area contributed by atoms with Crippen LogP contribution < -0.4 is 11.1 Å². The summed E-state index contributed by atoms with van der Waals surface area (Å²) in [5.41, 5.74) is 6.54. The van der Waals surface area contributed by atoms with Crippen LogP contribution in [0.3, 0.4) is 0 Å². The number of hydrogen-bond acceptors (Lipinski definition) is 2. The highest BCUT2D eigenvalue weighted by Crippen LogP contribution is 2.45. The molecule has 0 aromatic heterocycles. The predicted octanol–water partition coefficient (Wildman–Crippen LogP) is 3.74. The van der Waals surface area contributed by atoms with Gasteiger partial charge in [0.05, 0.1) is 0 Å². The Kier molecular flexibility index (Phi) is 4.00. The van der Waals surface area contributed by atoms with E-state index < -0.39 is 5.82 Å². The van der Waals surface area contributed by atoms with Gasteiger partial charge >= 0.3 is 0 Å². The monoisotopic (exact) mass is 292 g/mol. The van der Waals surface area contributed by atoms with E-state index in [0.717, 1.165) is 19.3 Å². The molecule has 1 aliphatic carbocycles. The van der Waals surface area contributed by atoms with E-state index in [1.54, 1.807) is 0 Å². The Morgan fingerprint density at radius 1 is 1.19 bits per heavy atom. The Hall–Kier alpha value is -1.58. The lowest BCUT2D eigenvalue weighted by Crippen LogP contribution is -2.46. The number of halogens is 1. The largest absolute Gasteiger partial charge is 0.399 e. The molecule has 0 saturated heterocycles. The zero-order chi connectivity index (χ0) is 15.8. The molecule has 1 aromatic carbocycles. The number of carbonyl (C=O) groups is 1. The fraction of sp³-hybridized carbons (Fsp3) is 0.588. The van der Waals surface area contributed by atoms with Crippen LogP contribution in [-0.2, 0) is 0 Å². The zero-order valence-corrected chi connectivity index (χ0v) is 13.3. The van der Waals surface area contributed by atoms with Crippen molar-refractivity contribution in [2.75, 3.05) is 5.73 Å². The summed E-state index contributed by atoms with van der Waals surface area (Å²) in [6.45, 7) is 8.92. The number of nitrogens with two attached hydrogens (primary N) is 1. The predicted molar refractivity (Wildman–Crippen MR) is 83.5 cm³/mol. The smallest absolute Gasteiger partial charge is 0.251 e. The first-order chi connectivity index (χ1) is 9.56. The maximum Gasteiger partial charge on any atom is 0.251 e. The Balaban J connectivity index is 2.12. The van der Waals surface area contributed by atoms with E-state index in [2.05, 4.69) is 33.0 Å². The quantitative estimate of drug-likeness (QED) is 0.816. The molecule has 116 valence electrons. The summed E-state index contributed by atoms with van der Waals surface area (Å²) >= 11 is 0. The van der Waals surface area contributed by atoms with Gasteiger partial charge in [-0.1, -0.05) is 27.7 Å². The molecule has 0 spiro atoms. The first-order valence-electron chi connectivity index (χ1n) is 7.43. The number of rotatable bonds is 2. The van der Waals surface area contributed by atoms with Gasteiger partial charge in [-0.05, 0) is 48.3 Å². The lowest BCUT2D eigenvalue weighted by molar-refractivity contribution is 0.0713. The van der Waals surface area contributed by atoms with Crippen molar-refractivity contribution in [3.8, 4) is 0 Å². The lowest BCUT2D eigenvalue weighted by Gasteiger charge is -2.45. The van der Waals surface area contributed by atoms with E-state index in [-0.39, 0.29) is 34.0 Å². The van der Waals surface area contributed by atoms with Crippen molar-refractivity contribution in [3.63, 3.8) is 0 Å². The SMILES string of the molecule is CC1(C)CC(NC(=O)c2cc(N)cc(F)c2)CC(C)(C)C1. The first-order valence-corrected chi connectivity index (χ1v) is 7.43. The molecule has 1 fully saturated rings. The van der Waals surface area contributed by atoms with Gasteiger partial charge in [-0.3, -0.25) is 4.79 Å². The van der Waals surface area contributed by atoms with Crippen molar-refractivity contribution in [2.24, 2.45) is 10.8 Å². The van der Waals surface area contributed by atoms with Gasteiger partial charge in [-0.25, -0.2) is 4.39 Å². The van der Waals surface area contributed by atoms with Crippen LogP contribution in [0.5, 0.6) is 0 Å². The van der Waals surface area contributed by atoms with Crippen LogP contribution in [0, 0.1) is 16.6 Å². The molecule has 1 amide bonds. The maximum atomic E-state index is 13.4. The summed E-state index contributed by atoms with van der Waals surface area (Å²) in [6.07, 6.45) is 3.01. The second-order valence-corrected chi connectivity index (χ2v) is 7.86. The highest BCUT2D eigenvalue weighted by atomic mass is 19.1. The van der Waals surface area contributed by atoms with Gasteiger partial charge in [0, 0.05) is 17.3 Å². The summed E-state index contributed by atoms with van der Waals surface area (Å²) in [4.78, 5) is 12.3. The van der Waals surface area contributed by atoms with E-state index in [0.29, 0.717) is 0 Å². The Morgan fingerprint density at radius 3 is 2.29 bits per heavy atom. The van der Waals surface area contributed by atoms with Crippen LogP contribution in [-0.4, -0.2) is 11.9 Å².